The molecule has 0 aliphatic carbocycles. The zero-order chi connectivity index (χ0) is 16.4. The van der Waals surface area contributed by atoms with Gasteiger partial charge in [0.05, 0.1) is 17.1 Å². The lowest BCUT2D eigenvalue weighted by molar-refractivity contribution is -0.123. The van der Waals surface area contributed by atoms with Crippen molar-refractivity contribution < 1.29 is 9.59 Å². The number of para-hydroxylation sites is 2. The summed E-state index contributed by atoms with van der Waals surface area (Å²) in [6, 6.07) is 6.70. The fraction of sp³-hybridized carbons (Fsp3) is 0.438. The van der Waals surface area contributed by atoms with Crippen LogP contribution in [0.1, 0.15) is 32.1 Å². The second-order valence-corrected chi connectivity index (χ2v) is 5.92. The molecule has 0 spiro atoms. The van der Waals surface area contributed by atoms with E-state index in [2.05, 4.69) is 39.8 Å². The van der Waals surface area contributed by atoms with Crippen molar-refractivity contribution in [2.45, 2.75) is 32.4 Å². The Morgan fingerprint density at radius 3 is 2.87 bits per heavy atom. The Hall–Kier alpha value is -2.57. The molecular formula is C16H21N5O2. The normalized spacial score (nSPS) is 19.9. The Kier molecular flexibility index (Phi) is 4.18. The van der Waals surface area contributed by atoms with Gasteiger partial charge in [-0.25, -0.2) is 9.78 Å². The van der Waals surface area contributed by atoms with Gasteiger partial charge in [-0.1, -0.05) is 32.4 Å². The number of nitrogens with zero attached hydrogens (tertiary/aromatic N) is 1. The number of benzene rings is 1. The van der Waals surface area contributed by atoms with E-state index in [1.165, 1.54) is 0 Å². The highest BCUT2D eigenvalue weighted by molar-refractivity contribution is 5.90. The van der Waals surface area contributed by atoms with E-state index in [0.717, 1.165) is 23.3 Å². The Morgan fingerprint density at radius 1 is 1.43 bits per heavy atom. The molecule has 0 unspecified atom stereocenters. The molecule has 2 aromatic rings. The molecule has 7 nitrogen and oxygen atoms in total. The van der Waals surface area contributed by atoms with Crippen LogP contribution >= 0.6 is 0 Å². The van der Waals surface area contributed by atoms with Crippen LogP contribution in [0, 0.1) is 5.92 Å². The van der Waals surface area contributed by atoms with Crippen molar-refractivity contribution in [1.29, 1.82) is 0 Å². The van der Waals surface area contributed by atoms with Gasteiger partial charge in [0.2, 0.25) is 5.91 Å². The molecule has 1 aromatic heterocycles. The van der Waals surface area contributed by atoms with Gasteiger partial charge in [-0.3, -0.25) is 4.79 Å². The number of aromatic amines is 1. The summed E-state index contributed by atoms with van der Waals surface area (Å²) in [7, 11) is 0. The number of hydrogen-bond acceptors (Lipinski definition) is 3. The third-order valence-corrected chi connectivity index (χ3v) is 4.30. The van der Waals surface area contributed by atoms with Gasteiger partial charge in [-0.15, -0.1) is 0 Å². The maximum absolute atomic E-state index is 12.4. The fourth-order valence-electron chi connectivity index (χ4n) is 2.70. The zero-order valence-corrected chi connectivity index (χ0v) is 13.2. The lowest BCUT2D eigenvalue weighted by atomic mass is 9.98. The maximum atomic E-state index is 12.4. The summed E-state index contributed by atoms with van der Waals surface area (Å²) in [6.07, 6.45) is 0.900. The highest BCUT2D eigenvalue weighted by Gasteiger charge is 2.31. The topological polar surface area (TPSA) is 98.9 Å². The van der Waals surface area contributed by atoms with Gasteiger partial charge in [0, 0.05) is 6.54 Å². The second-order valence-electron chi connectivity index (χ2n) is 5.92. The fourth-order valence-corrected chi connectivity index (χ4v) is 2.70. The SMILES string of the molecule is CC[C@H](C)[C@H](NC(=O)[C@@H]1CNC(=O)N1)c1nc2ccccc2[nH]1. The van der Waals surface area contributed by atoms with Gasteiger partial charge >= 0.3 is 6.03 Å². The van der Waals surface area contributed by atoms with E-state index in [1.807, 2.05) is 24.3 Å². The largest absolute Gasteiger partial charge is 0.344 e. The molecule has 1 fully saturated rings. The molecule has 3 atom stereocenters. The first kappa shape index (κ1) is 15.3. The van der Waals surface area contributed by atoms with Gasteiger partial charge in [0.1, 0.15) is 11.9 Å². The molecule has 0 bridgehead atoms. The summed E-state index contributed by atoms with van der Waals surface area (Å²) >= 11 is 0. The summed E-state index contributed by atoms with van der Waals surface area (Å²) in [5, 5.41) is 8.22. The van der Waals surface area contributed by atoms with Crippen LogP contribution in [0.3, 0.4) is 0 Å². The Labute approximate surface area is 134 Å². The van der Waals surface area contributed by atoms with E-state index in [1.54, 1.807) is 0 Å². The summed E-state index contributed by atoms with van der Waals surface area (Å²) in [5.74, 6) is 0.755. The Morgan fingerprint density at radius 2 is 2.22 bits per heavy atom. The molecule has 7 heteroatoms. The average Bonchev–Trinajstić information content (AvgIpc) is 3.17. The van der Waals surface area contributed by atoms with Crippen molar-refractivity contribution in [3.63, 3.8) is 0 Å². The number of nitrogens with one attached hydrogen (secondary N) is 4. The van der Waals surface area contributed by atoms with Gasteiger partial charge in [-0.2, -0.15) is 0 Å². The van der Waals surface area contributed by atoms with Crippen LogP contribution in [0.15, 0.2) is 24.3 Å². The van der Waals surface area contributed by atoms with Crippen molar-refractivity contribution >= 4 is 23.0 Å². The molecule has 1 aromatic carbocycles. The second kappa shape index (κ2) is 6.28. The number of amides is 3. The number of urea groups is 1. The first-order valence-corrected chi connectivity index (χ1v) is 7.88. The van der Waals surface area contributed by atoms with Gasteiger partial charge in [0.25, 0.3) is 0 Å². The lowest BCUT2D eigenvalue weighted by Gasteiger charge is -2.23. The van der Waals surface area contributed by atoms with Crippen molar-refractivity contribution in [3.8, 4) is 0 Å². The number of aromatic nitrogens is 2. The summed E-state index contributed by atoms with van der Waals surface area (Å²) in [4.78, 5) is 31.5. The number of carbonyl (C=O) groups excluding carboxylic acids is 2. The minimum Gasteiger partial charge on any atom is -0.344 e. The highest BCUT2D eigenvalue weighted by Crippen LogP contribution is 2.24. The minimum atomic E-state index is -0.543. The average molecular weight is 315 g/mol. The minimum absolute atomic E-state index is 0.200. The lowest BCUT2D eigenvalue weighted by Crippen LogP contribution is -2.45. The van der Waals surface area contributed by atoms with Gasteiger partial charge in [0.15, 0.2) is 0 Å². The van der Waals surface area contributed by atoms with Crippen molar-refractivity contribution in [3.05, 3.63) is 30.1 Å². The third-order valence-electron chi connectivity index (χ3n) is 4.30. The van der Waals surface area contributed by atoms with Crippen molar-refractivity contribution in [2.75, 3.05) is 6.54 Å². The van der Waals surface area contributed by atoms with Crippen LogP contribution in [0.25, 0.3) is 11.0 Å². The highest BCUT2D eigenvalue weighted by atomic mass is 16.2. The van der Waals surface area contributed by atoms with Crippen LogP contribution in [0.4, 0.5) is 4.79 Å². The number of H-pyrrole nitrogens is 1. The molecule has 2 heterocycles. The van der Waals surface area contributed by atoms with E-state index in [-0.39, 0.29) is 23.9 Å². The summed E-state index contributed by atoms with van der Waals surface area (Å²) in [5.41, 5.74) is 1.82. The number of rotatable bonds is 5. The molecule has 1 aliphatic rings. The predicted octanol–water partition coefficient (Wildman–Crippen LogP) is 1.45. The van der Waals surface area contributed by atoms with Crippen LogP contribution in [0.5, 0.6) is 0 Å². The van der Waals surface area contributed by atoms with Crippen LogP contribution in [-0.4, -0.2) is 34.5 Å². The maximum Gasteiger partial charge on any atom is 0.315 e. The quantitative estimate of drug-likeness (QED) is 0.672. The Balaban J connectivity index is 1.82. The molecule has 3 rings (SSSR count). The molecule has 1 saturated heterocycles. The van der Waals surface area contributed by atoms with Crippen LogP contribution < -0.4 is 16.0 Å². The smallest absolute Gasteiger partial charge is 0.315 e. The van der Waals surface area contributed by atoms with E-state index in [0.29, 0.717) is 6.54 Å². The number of hydrogen-bond donors (Lipinski definition) is 4. The number of fused-ring (bicyclic) bond motifs is 1. The Bertz CT molecular complexity index is 693. The number of carbonyl (C=O) groups is 2. The predicted molar refractivity (Wildman–Crippen MR) is 86.8 cm³/mol. The molecule has 1 aliphatic heterocycles. The van der Waals surface area contributed by atoms with Crippen molar-refractivity contribution in [2.24, 2.45) is 5.92 Å². The molecule has 122 valence electrons. The third kappa shape index (κ3) is 3.13. The van der Waals surface area contributed by atoms with Crippen LogP contribution in [-0.2, 0) is 4.79 Å². The van der Waals surface area contributed by atoms with Gasteiger partial charge in [-0.05, 0) is 18.1 Å². The molecule has 0 saturated carbocycles. The summed E-state index contributed by atoms with van der Waals surface area (Å²) < 4.78 is 0. The molecule has 4 N–H and O–H groups in total. The van der Waals surface area contributed by atoms with E-state index < -0.39 is 6.04 Å². The first-order chi connectivity index (χ1) is 11.1. The van der Waals surface area contributed by atoms with Gasteiger partial charge < -0.3 is 20.9 Å². The molecule has 3 amide bonds. The monoisotopic (exact) mass is 315 g/mol. The first-order valence-electron chi connectivity index (χ1n) is 7.88. The number of imidazole rings is 1. The zero-order valence-electron chi connectivity index (χ0n) is 13.2. The van der Waals surface area contributed by atoms with Crippen LogP contribution in [0.2, 0.25) is 0 Å². The van der Waals surface area contributed by atoms with E-state index in [4.69, 9.17) is 0 Å². The molecular weight excluding hydrogens is 294 g/mol. The van der Waals surface area contributed by atoms with E-state index >= 15 is 0 Å². The standard InChI is InChI=1S/C16H21N5O2/c1-3-9(2)13(21-15(22)12-8-17-16(23)20-12)14-18-10-6-4-5-7-11(10)19-14/h4-7,9,12-13H,3,8H2,1-2H3,(H,18,19)(H,21,22)(H2,17,20,23)/t9-,12-,13-/m0/s1. The molecule has 0 radical (unpaired) electrons. The molecule has 23 heavy (non-hydrogen) atoms. The van der Waals surface area contributed by atoms with Crippen molar-refractivity contribution in [1.82, 2.24) is 25.9 Å². The van der Waals surface area contributed by atoms with E-state index in [9.17, 15) is 9.59 Å². The summed E-state index contributed by atoms with van der Waals surface area (Å²) in [6.45, 7) is 4.45.